The van der Waals surface area contributed by atoms with E-state index >= 15 is 0 Å². The number of primary sulfonamides is 1. The summed E-state index contributed by atoms with van der Waals surface area (Å²) in [4.78, 5) is 1.93. The van der Waals surface area contributed by atoms with Gasteiger partial charge in [-0.15, -0.1) is 0 Å². The number of β-amino-alcohol motifs (C(OH)–C–C–N with tert-alkyl or cyclic N) is 1. The van der Waals surface area contributed by atoms with E-state index in [0.29, 0.717) is 26.1 Å². The first kappa shape index (κ1) is 11.9. The minimum Gasteiger partial charge on any atom is -0.389 e. The van der Waals surface area contributed by atoms with E-state index in [-0.39, 0.29) is 0 Å². The SMILES string of the molecule is CC(C)(O)CN1CCC(S(N)(=O)=O)C1. The molecule has 0 bridgehead atoms. The number of sulfonamides is 1. The summed E-state index contributed by atoms with van der Waals surface area (Å²) in [5, 5.41) is 14.1. The Hall–Kier alpha value is -0.170. The summed E-state index contributed by atoms with van der Waals surface area (Å²) < 4.78 is 22.1. The van der Waals surface area contributed by atoms with Crippen molar-refractivity contribution in [2.75, 3.05) is 19.6 Å². The summed E-state index contributed by atoms with van der Waals surface area (Å²) in [6.45, 7) is 5.02. The van der Waals surface area contributed by atoms with Crippen molar-refractivity contribution in [1.29, 1.82) is 0 Å². The fraction of sp³-hybridized carbons (Fsp3) is 1.00. The Labute approximate surface area is 84.9 Å². The topological polar surface area (TPSA) is 83.6 Å². The van der Waals surface area contributed by atoms with Gasteiger partial charge in [0.2, 0.25) is 10.0 Å². The average Bonchev–Trinajstić information content (AvgIpc) is 2.29. The second-order valence-corrected chi connectivity index (χ2v) is 6.39. The van der Waals surface area contributed by atoms with Gasteiger partial charge in [-0.2, -0.15) is 0 Å². The van der Waals surface area contributed by atoms with Crippen molar-refractivity contribution in [3.8, 4) is 0 Å². The number of aliphatic hydroxyl groups is 1. The van der Waals surface area contributed by atoms with Crippen LogP contribution in [-0.4, -0.2) is 48.9 Å². The van der Waals surface area contributed by atoms with Gasteiger partial charge in [-0.3, -0.25) is 4.90 Å². The standard InChI is InChI=1S/C8H18N2O3S/c1-8(2,11)6-10-4-3-7(5-10)14(9,12)13/h7,11H,3-6H2,1-2H3,(H2,9,12,13). The Kier molecular flexibility index (Phi) is 3.20. The molecule has 1 saturated heterocycles. The first-order chi connectivity index (χ1) is 6.18. The lowest BCUT2D eigenvalue weighted by molar-refractivity contribution is 0.0440. The molecule has 1 aliphatic rings. The molecular weight excluding hydrogens is 204 g/mol. The van der Waals surface area contributed by atoms with E-state index in [1.807, 2.05) is 4.90 Å². The van der Waals surface area contributed by atoms with Crippen LogP contribution >= 0.6 is 0 Å². The largest absolute Gasteiger partial charge is 0.389 e. The molecule has 1 unspecified atom stereocenters. The summed E-state index contributed by atoms with van der Waals surface area (Å²) in [5.41, 5.74) is -0.784. The van der Waals surface area contributed by atoms with E-state index in [2.05, 4.69) is 0 Å². The fourth-order valence-corrected chi connectivity index (χ4v) is 2.61. The van der Waals surface area contributed by atoms with Crippen LogP contribution in [0.2, 0.25) is 0 Å². The molecule has 1 aliphatic heterocycles. The Bertz CT molecular complexity index is 294. The van der Waals surface area contributed by atoms with Crippen LogP contribution in [0, 0.1) is 0 Å². The van der Waals surface area contributed by atoms with E-state index < -0.39 is 20.9 Å². The molecule has 0 aliphatic carbocycles. The smallest absolute Gasteiger partial charge is 0.213 e. The van der Waals surface area contributed by atoms with Gasteiger partial charge in [-0.1, -0.05) is 0 Å². The second-order valence-electron chi connectivity index (χ2n) is 4.55. The molecule has 14 heavy (non-hydrogen) atoms. The number of hydrogen-bond acceptors (Lipinski definition) is 4. The highest BCUT2D eigenvalue weighted by Gasteiger charge is 2.32. The van der Waals surface area contributed by atoms with Crippen LogP contribution in [0.4, 0.5) is 0 Å². The molecule has 1 atom stereocenters. The van der Waals surface area contributed by atoms with Crippen LogP contribution in [0.25, 0.3) is 0 Å². The lowest BCUT2D eigenvalue weighted by atomic mass is 10.1. The van der Waals surface area contributed by atoms with Crippen LogP contribution in [0.3, 0.4) is 0 Å². The van der Waals surface area contributed by atoms with Crippen molar-refractivity contribution in [1.82, 2.24) is 4.90 Å². The van der Waals surface area contributed by atoms with Gasteiger partial charge >= 0.3 is 0 Å². The van der Waals surface area contributed by atoms with Crippen LogP contribution in [0.5, 0.6) is 0 Å². The number of likely N-dealkylation sites (tertiary alicyclic amines) is 1. The van der Waals surface area contributed by atoms with Crippen molar-refractivity contribution < 1.29 is 13.5 Å². The van der Waals surface area contributed by atoms with Crippen molar-refractivity contribution >= 4 is 10.0 Å². The van der Waals surface area contributed by atoms with E-state index in [4.69, 9.17) is 5.14 Å². The molecule has 0 saturated carbocycles. The Morgan fingerprint density at radius 1 is 1.57 bits per heavy atom. The van der Waals surface area contributed by atoms with Gasteiger partial charge in [0.05, 0.1) is 10.9 Å². The molecule has 1 rings (SSSR count). The number of rotatable bonds is 3. The number of nitrogens with zero attached hydrogens (tertiary/aromatic N) is 1. The molecule has 0 aromatic carbocycles. The first-order valence-corrected chi connectivity index (χ1v) is 6.26. The third-order valence-electron chi connectivity index (χ3n) is 2.30. The Morgan fingerprint density at radius 3 is 2.50 bits per heavy atom. The maximum absolute atomic E-state index is 11.0. The molecule has 0 amide bonds. The molecule has 3 N–H and O–H groups in total. The van der Waals surface area contributed by atoms with Crippen molar-refractivity contribution in [3.63, 3.8) is 0 Å². The van der Waals surface area contributed by atoms with E-state index in [1.165, 1.54) is 0 Å². The molecule has 1 fully saturated rings. The maximum Gasteiger partial charge on any atom is 0.213 e. The zero-order chi connectivity index (χ0) is 11.0. The van der Waals surface area contributed by atoms with Gasteiger partial charge < -0.3 is 5.11 Å². The normalized spacial score (nSPS) is 25.6. The molecule has 1 heterocycles. The third-order valence-corrected chi connectivity index (χ3v) is 3.62. The summed E-state index contributed by atoms with van der Waals surface area (Å²) in [5.74, 6) is 0. The summed E-state index contributed by atoms with van der Waals surface area (Å²) in [6.07, 6.45) is 0.564. The van der Waals surface area contributed by atoms with Gasteiger partial charge in [-0.05, 0) is 26.8 Å². The Morgan fingerprint density at radius 2 is 2.14 bits per heavy atom. The highest BCUT2D eigenvalue weighted by atomic mass is 32.2. The molecular formula is C8H18N2O3S. The zero-order valence-electron chi connectivity index (χ0n) is 8.60. The first-order valence-electron chi connectivity index (χ1n) is 4.65. The van der Waals surface area contributed by atoms with Gasteiger partial charge in [-0.25, -0.2) is 13.6 Å². The summed E-state index contributed by atoms with van der Waals surface area (Å²) >= 11 is 0. The van der Waals surface area contributed by atoms with Gasteiger partial charge in [0.1, 0.15) is 0 Å². The van der Waals surface area contributed by atoms with E-state index in [1.54, 1.807) is 13.8 Å². The lowest BCUT2D eigenvalue weighted by Crippen LogP contribution is -2.39. The molecule has 6 heteroatoms. The maximum atomic E-state index is 11.0. The second kappa shape index (κ2) is 3.77. The van der Waals surface area contributed by atoms with Crippen LogP contribution in [0.15, 0.2) is 0 Å². The van der Waals surface area contributed by atoms with Crippen LogP contribution in [-0.2, 0) is 10.0 Å². The fourth-order valence-electron chi connectivity index (χ4n) is 1.76. The van der Waals surface area contributed by atoms with Gasteiger partial charge in [0, 0.05) is 13.1 Å². The van der Waals surface area contributed by atoms with Crippen LogP contribution in [0.1, 0.15) is 20.3 Å². The van der Waals surface area contributed by atoms with Crippen molar-refractivity contribution in [3.05, 3.63) is 0 Å². The molecule has 0 aromatic heterocycles. The molecule has 0 aromatic rings. The summed E-state index contributed by atoms with van der Waals surface area (Å²) in [6, 6.07) is 0. The van der Waals surface area contributed by atoms with Crippen molar-refractivity contribution in [2.45, 2.75) is 31.1 Å². The predicted molar refractivity (Wildman–Crippen MR) is 54.3 cm³/mol. The molecule has 84 valence electrons. The van der Waals surface area contributed by atoms with Gasteiger partial charge in [0.15, 0.2) is 0 Å². The highest BCUT2D eigenvalue weighted by Crippen LogP contribution is 2.17. The minimum atomic E-state index is -3.41. The van der Waals surface area contributed by atoms with Gasteiger partial charge in [0.25, 0.3) is 0 Å². The quantitative estimate of drug-likeness (QED) is 0.649. The minimum absolute atomic E-state index is 0.433. The lowest BCUT2D eigenvalue weighted by Gasteiger charge is -2.24. The predicted octanol–water partition coefficient (Wildman–Crippen LogP) is -0.880. The van der Waals surface area contributed by atoms with Crippen LogP contribution < -0.4 is 5.14 Å². The third kappa shape index (κ3) is 3.53. The monoisotopic (exact) mass is 222 g/mol. The summed E-state index contributed by atoms with van der Waals surface area (Å²) in [7, 11) is -3.41. The number of hydrogen-bond donors (Lipinski definition) is 2. The number of nitrogens with two attached hydrogens (primary N) is 1. The molecule has 5 nitrogen and oxygen atoms in total. The zero-order valence-corrected chi connectivity index (χ0v) is 9.42. The molecule has 0 spiro atoms. The average molecular weight is 222 g/mol. The van der Waals surface area contributed by atoms with E-state index in [0.717, 1.165) is 0 Å². The highest BCUT2D eigenvalue weighted by molar-refractivity contribution is 7.89. The molecule has 0 radical (unpaired) electrons. The van der Waals surface area contributed by atoms with E-state index in [9.17, 15) is 13.5 Å². The Balaban J connectivity index is 2.51. The van der Waals surface area contributed by atoms with Crippen molar-refractivity contribution in [2.24, 2.45) is 5.14 Å².